The summed E-state index contributed by atoms with van der Waals surface area (Å²) in [5.74, 6) is -0.205. The average Bonchev–Trinajstić information content (AvgIpc) is 2.68. The van der Waals surface area contributed by atoms with E-state index in [2.05, 4.69) is 36.7 Å². The van der Waals surface area contributed by atoms with E-state index < -0.39 is 0 Å². The van der Waals surface area contributed by atoms with E-state index in [4.69, 9.17) is 5.73 Å². The fourth-order valence-corrected chi connectivity index (χ4v) is 1.67. The SMILES string of the molecule is Cn1nnc(NC(=O)c2cccc(N)c2Br)n1. The molecular formula is C9H9BrN6O. The van der Waals surface area contributed by atoms with Crippen molar-refractivity contribution in [3.63, 3.8) is 0 Å². The zero-order chi connectivity index (χ0) is 12.4. The second-order valence-corrected chi connectivity index (χ2v) is 4.06. The van der Waals surface area contributed by atoms with Crippen LogP contribution in [0.25, 0.3) is 0 Å². The summed E-state index contributed by atoms with van der Waals surface area (Å²) in [5, 5.41) is 13.6. The van der Waals surface area contributed by atoms with Crippen molar-refractivity contribution in [1.82, 2.24) is 20.2 Å². The van der Waals surface area contributed by atoms with E-state index in [1.54, 1.807) is 25.2 Å². The molecule has 0 bridgehead atoms. The van der Waals surface area contributed by atoms with Gasteiger partial charge in [-0.05, 0) is 33.3 Å². The number of hydrogen-bond acceptors (Lipinski definition) is 5. The zero-order valence-electron chi connectivity index (χ0n) is 8.88. The normalized spacial score (nSPS) is 10.2. The summed E-state index contributed by atoms with van der Waals surface area (Å²) in [4.78, 5) is 13.1. The molecule has 8 heteroatoms. The minimum Gasteiger partial charge on any atom is -0.398 e. The standard InChI is InChI=1S/C9H9BrN6O/c1-16-14-9(13-15-16)12-8(17)5-3-2-4-6(11)7(5)10/h2-4H,11H2,1H3,(H,12,14,17). The van der Waals surface area contributed by atoms with Gasteiger partial charge in [0.1, 0.15) is 0 Å². The van der Waals surface area contributed by atoms with Gasteiger partial charge < -0.3 is 5.73 Å². The molecule has 88 valence electrons. The monoisotopic (exact) mass is 296 g/mol. The molecule has 0 aliphatic carbocycles. The van der Waals surface area contributed by atoms with Crippen LogP contribution in [0, 0.1) is 0 Å². The summed E-state index contributed by atoms with van der Waals surface area (Å²) in [6.07, 6.45) is 0. The Morgan fingerprint density at radius 1 is 1.53 bits per heavy atom. The van der Waals surface area contributed by atoms with Crippen LogP contribution in [0.4, 0.5) is 11.6 Å². The predicted octanol–water partition coefficient (Wildman–Crippen LogP) is 0.807. The molecule has 1 heterocycles. The summed E-state index contributed by atoms with van der Waals surface area (Å²) in [5.41, 5.74) is 6.59. The topological polar surface area (TPSA) is 98.7 Å². The molecule has 1 aromatic heterocycles. The highest BCUT2D eigenvalue weighted by Gasteiger charge is 2.13. The van der Waals surface area contributed by atoms with Gasteiger partial charge in [0, 0.05) is 5.69 Å². The van der Waals surface area contributed by atoms with Crippen LogP contribution in [0.15, 0.2) is 22.7 Å². The Bertz CT molecular complexity index is 566. The van der Waals surface area contributed by atoms with Crippen LogP contribution in [0.1, 0.15) is 10.4 Å². The number of rotatable bonds is 2. The quantitative estimate of drug-likeness (QED) is 0.799. The van der Waals surface area contributed by atoms with Crippen molar-refractivity contribution in [1.29, 1.82) is 0 Å². The summed E-state index contributed by atoms with van der Waals surface area (Å²) >= 11 is 3.25. The van der Waals surface area contributed by atoms with Crippen molar-refractivity contribution >= 4 is 33.5 Å². The lowest BCUT2D eigenvalue weighted by Gasteiger charge is -2.05. The van der Waals surface area contributed by atoms with Gasteiger partial charge in [0.25, 0.3) is 11.9 Å². The Balaban J connectivity index is 2.23. The van der Waals surface area contributed by atoms with E-state index in [1.807, 2.05) is 0 Å². The summed E-state index contributed by atoms with van der Waals surface area (Å²) in [6.45, 7) is 0. The van der Waals surface area contributed by atoms with E-state index in [1.165, 1.54) is 4.80 Å². The first-order valence-corrected chi connectivity index (χ1v) is 5.46. The minimum atomic E-state index is -0.350. The number of nitrogens with zero attached hydrogens (tertiary/aromatic N) is 4. The highest BCUT2D eigenvalue weighted by molar-refractivity contribution is 9.10. The van der Waals surface area contributed by atoms with Gasteiger partial charge in [0.05, 0.1) is 17.1 Å². The Kier molecular flexibility index (Phi) is 3.05. The van der Waals surface area contributed by atoms with Crippen molar-refractivity contribution in [2.24, 2.45) is 7.05 Å². The van der Waals surface area contributed by atoms with Crippen LogP contribution < -0.4 is 11.1 Å². The van der Waals surface area contributed by atoms with E-state index >= 15 is 0 Å². The third-order valence-electron chi connectivity index (χ3n) is 2.01. The molecule has 2 rings (SSSR count). The van der Waals surface area contributed by atoms with E-state index in [-0.39, 0.29) is 11.9 Å². The first-order chi connectivity index (χ1) is 8.08. The fourth-order valence-electron chi connectivity index (χ4n) is 1.23. The second-order valence-electron chi connectivity index (χ2n) is 3.27. The third-order valence-corrected chi connectivity index (χ3v) is 2.89. The van der Waals surface area contributed by atoms with E-state index in [0.717, 1.165) is 0 Å². The fraction of sp³-hybridized carbons (Fsp3) is 0.111. The van der Waals surface area contributed by atoms with Gasteiger partial charge in [-0.25, -0.2) is 0 Å². The smallest absolute Gasteiger partial charge is 0.270 e. The maximum absolute atomic E-state index is 11.9. The van der Waals surface area contributed by atoms with Gasteiger partial charge in [0.15, 0.2) is 0 Å². The first-order valence-electron chi connectivity index (χ1n) is 4.67. The van der Waals surface area contributed by atoms with Crippen molar-refractivity contribution in [3.05, 3.63) is 28.2 Å². The van der Waals surface area contributed by atoms with Gasteiger partial charge in [-0.3, -0.25) is 10.1 Å². The Hall–Kier alpha value is -1.96. The molecule has 0 radical (unpaired) electrons. The Morgan fingerprint density at radius 3 is 2.94 bits per heavy atom. The number of anilines is 2. The molecule has 0 fully saturated rings. The van der Waals surface area contributed by atoms with Crippen molar-refractivity contribution in [2.45, 2.75) is 0 Å². The molecule has 7 nitrogen and oxygen atoms in total. The van der Waals surface area contributed by atoms with Crippen molar-refractivity contribution < 1.29 is 4.79 Å². The highest BCUT2D eigenvalue weighted by Crippen LogP contribution is 2.24. The van der Waals surface area contributed by atoms with Crippen LogP contribution in [0.2, 0.25) is 0 Å². The molecular weight excluding hydrogens is 288 g/mol. The lowest BCUT2D eigenvalue weighted by atomic mass is 10.2. The number of amides is 1. The number of aromatic nitrogens is 4. The number of nitrogens with two attached hydrogens (primary N) is 1. The zero-order valence-corrected chi connectivity index (χ0v) is 10.5. The summed E-state index contributed by atoms with van der Waals surface area (Å²) < 4.78 is 0.543. The van der Waals surface area contributed by atoms with Crippen LogP contribution >= 0.6 is 15.9 Å². The molecule has 0 unspecified atom stereocenters. The van der Waals surface area contributed by atoms with E-state index in [9.17, 15) is 4.79 Å². The van der Waals surface area contributed by atoms with Crippen LogP contribution in [0.5, 0.6) is 0 Å². The molecule has 0 spiro atoms. The molecule has 0 aliphatic rings. The average molecular weight is 297 g/mol. The summed E-state index contributed by atoms with van der Waals surface area (Å²) in [7, 11) is 1.61. The lowest BCUT2D eigenvalue weighted by Crippen LogP contribution is -2.14. The largest absolute Gasteiger partial charge is 0.398 e. The maximum Gasteiger partial charge on any atom is 0.270 e. The van der Waals surface area contributed by atoms with E-state index in [0.29, 0.717) is 15.7 Å². The number of nitrogens with one attached hydrogen (secondary N) is 1. The van der Waals surface area contributed by atoms with Crippen LogP contribution in [-0.4, -0.2) is 26.1 Å². The molecule has 0 saturated carbocycles. The lowest BCUT2D eigenvalue weighted by molar-refractivity contribution is 0.102. The number of carbonyl (C=O) groups excluding carboxylic acids is 1. The van der Waals surface area contributed by atoms with Crippen molar-refractivity contribution in [3.8, 4) is 0 Å². The molecule has 1 aromatic carbocycles. The van der Waals surface area contributed by atoms with Gasteiger partial charge >= 0.3 is 0 Å². The van der Waals surface area contributed by atoms with Crippen LogP contribution in [-0.2, 0) is 7.05 Å². The number of benzene rings is 1. The number of halogens is 1. The summed E-state index contributed by atoms with van der Waals surface area (Å²) in [6, 6.07) is 5.03. The van der Waals surface area contributed by atoms with Gasteiger partial charge in [0.2, 0.25) is 0 Å². The molecule has 0 saturated heterocycles. The number of hydrogen-bond donors (Lipinski definition) is 2. The third kappa shape index (κ3) is 2.41. The molecule has 17 heavy (non-hydrogen) atoms. The molecule has 0 atom stereocenters. The number of tetrazole rings is 1. The Labute approximate surface area is 105 Å². The molecule has 2 aromatic rings. The highest BCUT2D eigenvalue weighted by atomic mass is 79.9. The molecule has 1 amide bonds. The molecule has 3 N–H and O–H groups in total. The molecule has 0 aliphatic heterocycles. The maximum atomic E-state index is 11.9. The number of aryl methyl sites for hydroxylation is 1. The van der Waals surface area contributed by atoms with Crippen molar-refractivity contribution in [2.75, 3.05) is 11.1 Å². The van der Waals surface area contributed by atoms with Gasteiger partial charge in [-0.1, -0.05) is 11.2 Å². The minimum absolute atomic E-state index is 0.145. The predicted molar refractivity (Wildman–Crippen MR) is 65.3 cm³/mol. The van der Waals surface area contributed by atoms with Gasteiger partial charge in [-0.2, -0.15) is 4.80 Å². The Morgan fingerprint density at radius 2 is 2.29 bits per heavy atom. The second kappa shape index (κ2) is 4.50. The van der Waals surface area contributed by atoms with Crippen LogP contribution in [0.3, 0.4) is 0 Å². The van der Waals surface area contributed by atoms with Gasteiger partial charge in [-0.15, -0.1) is 5.10 Å². The number of nitrogen functional groups attached to an aromatic ring is 1. The first kappa shape index (κ1) is 11.5. The number of carbonyl (C=O) groups is 1.